The molecule has 5 rings (SSSR count). The molecule has 1 aromatic heterocycles. The number of fused-ring (bicyclic) bond motifs is 2. The van der Waals surface area contributed by atoms with E-state index in [-0.39, 0.29) is 22.1 Å². The highest BCUT2D eigenvalue weighted by Gasteiger charge is 2.22. The lowest BCUT2D eigenvalue weighted by molar-refractivity contribution is -0.115. The molecule has 1 N–H and O–H groups in total. The zero-order valence-electron chi connectivity index (χ0n) is 18.5. The highest BCUT2D eigenvalue weighted by Crippen LogP contribution is 2.33. The Morgan fingerprint density at radius 1 is 1.06 bits per heavy atom. The van der Waals surface area contributed by atoms with Gasteiger partial charge in [-0.25, -0.2) is 13.8 Å². The van der Waals surface area contributed by atoms with Gasteiger partial charge in [0.1, 0.15) is 24.8 Å². The summed E-state index contributed by atoms with van der Waals surface area (Å²) in [5, 5.41) is 2.46. The summed E-state index contributed by atoms with van der Waals surface area (Å²) in [6.07, 6.45) is 0. The first-order chi connectivity index (χ1) is 16.9. The third-order valence-corrected chi connectivity index (χ3v) is 6.41. The number of carbonyl (C=O) groups excluding carboxylic acids is 1. The van der Waals surface area contributed by atoms with E-state index in [2.05, 4.69) is 10.3 Å². The van der Waals surface area contributed by atoms with Gasteiger partial charge in [0.05, 0.1) is 21.8 Å². The Bertz CT molecular complexity index is 1510. The number of thioether (sulfide) groups is 1. The molecule has 0 bridgehead atoms. The molecule has 1 unspecified atom stereocenters. The van der Waals surface area contributed by atoms with Crippen LogP contribution in [0.5, 0.6) is 11.5 Å². The van der Waals surface area contributed by atoms with Crippen molar-refractivity contribution in [1.82, 2.24) is 9.55 Å². The third-order valence-electron chi connectivity index (χ3n) is 5.36. The van der Waals surface area contributed by atoms with Crippen LogP contribution in [0.3, 0.4) is 0 Å². The number of carbonyl (C=O) groups is 1. The molecule has 0 radical (unpaired) electrons. The molecule has 35 heavy (non-hydrogen) atoms. The van der Waals surface area contributed by atoms with E-state index in [0.29, 0.717) is 42.0 Å². The summed E-state index contributed by atoms with van der Waals surface area (Å²) in [6, 6.07) is 14.6. The number of aromatic nitrogens is 2. The van der Waals surface area contributed by atoms with Crippen LogP contribution in [0.15, 0.2) is 70.6 Å². The molecule has 7 nitrogen and oxygen atoms in total. The molecule has 0 fully saturated rings. The Morgan fingerprint density at radius 2 is 1.83 bits per heavy atom. The number of amides is 1. The van der Waals surface area contributed by atoms with Crippen LogP contribution in [-0.2, 0) is 4.79 Å². The number of halogens is 2. The number of benzene rings is 3. The van der Waals surface area contributed by atoms with Gasteiger partial charge in [-0.3, -0.25) is 14.2 Å². The van der Waals surface area contributed by atoms with Gasteiger partial charge in [0.15, 0.2) is 16.7 Å². The number of ether oxygens (including phenoxy) is 2. The zero-order chi connectivity index (χ0) is 24.5. The molecule has 0 saturated carbocycles. The fourth-order valence-corrected chi connectivity index (χ4v) is 4.56. The monoisotopic (exact) mass is 495 g/mol. The average molecular weight is 496 g/mol. The van der Waals surface area contributed by atoms with Crippen molar-refractivity contribution in [3.8, 4) is 17.2 Å². The predicted octanol–water partition coefficient (Wildman–Crippen LogP) is 4.55. The predicted molar refractivity (Wildman–Crippen MR) is 129 cm³/mol. The third kappa shape index (κ3) is 4.57. The van der Waals surface area contributed by atoms with Crippen molar-refractivity contribution in [1.29, 1.82) is 0 Å². The molecule has 2 heterocycles. The summed E-state index contributed by atoms with van der Waals surface area (Å²) < 4.78 is 40.3. The van der Waals surface area contributed by atoms with Gasteiger partial charge >= 0.3 is 0 Å². The van der Waals surface area contributed by atoms with Gasteiger partial charge in [-0.2, -0.15) is 0 Å². The smallest absolute Gasteiger partial charge is 0.266 e. The van der Waals surface area contributed by atoms with Crippen molar-refractivity contribution in [3.63, 3.8) is 0 Å². The zero-order valence-corrected chi connectivity index (χ0v) is 19.3. The van der Waals surface area contributed by atoms with Crippen molar-refractivity contribution in [2.24, 2.45) is 0 Å². The second-order valence-corrected chi connectivity index (χ2v) is 9.06. The van der Waals surface area contributed by atoms with Gasteiger partial charge in [-0.05, 0) is 43.3 Å². The normalized spacial score (nSPS) is 13.5. The number of para-hydroxylation sites is 1. The summed E-state index contributed by atoms with van der Waals surface area (Å²) in [5.74, 6) is -0.914. The fraction of sp³-hybridized carbons (Fsp3) is 0.160. The van der Waals surface area contributed by atoms with Crippen LogP contribution >= 0.6 is 11.8 Å². The maximum absolute atomic E-state index is 14.7. The minimum atomic E-state index is -0.917. The Kier molecular flexibility index (Phi) is 6.12. The Hall–Kier alpha value is -3.92. The van der Waals surface area contributed by atoms with E-state index in [1.54, 1.807) is 49.4 Å². The number of rotatable bonds is 5. The summed E-state index contributed by atoms with van der Waals surface area (Å²) in [6.45, 7) is 2.52. The molecule has 1 amide bonds. The van der Waals surface area contributed by atoms with E-state index in [4.69, 9.17) is 9.47 Å². The fourth-order valence-electron chi connectivity index (χ4n) is 3.64. The van der Waals surface area contributed by atoms with Crippen molar-refractivity contribution < 1.29 is 23.0 Å². The minimum absolute atomic E-state index is 0.101. The second-order valence-electron chi connectivity index (χ2n) is 7.76. The number of hydrogen-bond donors (Lipinski definition) is 1. The lowest BCUT2D eigenvalue weighted by atomic mass is 10.2. The molecule has 0 saturated heterocycles. The van der Waals surface area contributed by atoms with E-state index in [1.807, 2.05) is 0 Å². The molecule has 3 aromatic carbocycles. The maximum atomic E-state index is 14.7. The standard InChI is InChI=1S/C25H19F2N3O4S/c1-14(23(31)28-16-7-9-21-22(13-16)34-11-10-33-21)35-25-29-19-5-3-2-4-17(19)24(32)30(25)20-8-6-15(26)12-18(20)27/h2-9,12-14H,10-11H2,1H3,(H,28,31). The Balaban J connectivity index is 1.48. The van der Waals surface area contributed by atoms with Crippen LogP contribution in [0, 0.1) is 11.6 Å². The van der Waals surface area contributed by atoms with Crippen LogP contribution in [0.1, 0.15) is 6.92 Å². The van der Waals surface area contributed by atoms with Gasteiger partial charge in [-0.15, -0.1) is 0 Å². The van der Waals surface area contributed by atoms with Gasteiger partial charge in [0.25, 0.3) is 5.56 Å². The SMILES string of the molecule is CC(Sc1nc2ccccc2c(=O)n1-c1ccc(F)cc1F)C(=O)Nc1ccc2c(c1)OCCO2. The van der Waals surface area contributed by atoms with Crippen LogP contribution in [-0.4, -0.2) is 33.9 Å². The highest BCUT2D eigenvalue weighted by atomic mass is 32.2. The summed E-state index contributed by atoms with van der Waals surface area (Å²) in [5.41, 5.74) is 0.234. The van der Waals surface area contributed by atoms with Crippen LogP contribution in [0.2, 0.25) is 0 Å². The summed E-state index contributed by atoms with van der Waals surface area (Å²) >= 11 is 0.987. The topological polar surface area (TPSA) is 82.5 Å². The number of hydrogen-bond acceptors (Lipinski definition) is 6. The van der Waals surface area contributed by atoms with E-state index in [0.717, 1.165) is 22.4 Å². The lowest BCUT2D eigenvalue weighted by Gasteiger charge is -2.20. The Morgan fingerprint density at radius 3 is 2.63 bits per heavy atom. The first-order valence-corrected chi connectivity index (χ1v) is 11.6. The van der Waals surface area contributed by atoms with Crippen molar-refractivity contribution >= 4 is 34.3 Å². The van der Waals surface area contributed by atoms with Crippen molar-refractivity contribution in [3.05, 3.63) is 82.7 Å². The van der Waals surface area contributed by atoms with E-state index in [9.17, 15) is 18.4 Å². The van der Waals surface area contributed by atoms with Crippen molar-refractivity contribution in [2.75, 3.05) is 18.5 Å². The van der Waals surface area contributed by atoms with Crippen LogP contribution < -0.4 is 20.3 Å². The highest BCUT2D eigenvalue weighted by molar-refractivity contribution is 8.00. The van der Waals surface area contributed by atoms with Crippen molar-refractivity contribution in [2.45, 2.75) is 17.3 Å². The molecule has 178 valence electrons. The molecule has 1 atom stereocenters. The quantitative estimate of drug-likeness (QED) is 0.323. The number of anilines is 1. The molecule has 10 heteroatoms. The van der Waals surface area contributed by atoms with Gasteiger partial charge in [0, 0.05) is 17.8 Å². The number of nitrogens with zero attached hydrogens (tertiary/aromatic N) is 2. The lowest BCUT2D eigenvalue weighted by Crippen LogP contribution is -2.26. The van der Waals surface area contributed by atoms with Crippen LogP contribution in [0.25, 0.3) is 16.6 Å². The molecule has 0 aliphatic carbocycles. The van der Waals surface area contributed by atoms with Gasteiger partial charge in [0.2, 0.25) is 5.91 Å². The molecule has 1 aliphatic heterocycles. The molecular weight excluding hydrogens is 476 g/mol. The first-order valence-electron chi connectivity index (χ1n) is 10.7. The van der Waals surface area contributed by atoms with Crippen LogP contribution in [0.4, 0.5) is 14.5 Å². The van der Waals surface area contributed by atoms with E-state index >= 15 is 0 Å². The molecular formula is C25H19F2N3O4S. The second kappa shape index (κ2) is 9.38. The molecule has 1 aliphatic rings. The molecule has 4 aromatic rings. The summed E-state index contributed by atoms with van der Waals surface area (Å²) in [7, 11) is 0. The first kappa shape index (κ1) is 22.9. The Labute approximate surface area is 202 Å². The average Bonchev–Trinajstić information content (AvgIpc) is 2.85. The molecule has 0 spiro atoms. The maximum Gasteiger partial charge on any atom is 0.266 e. The minimum Gasteiger partial charge on any atom is -0.486 e. The van der Waals surface area contributed by atoms with Gasteiger partial charge < -0.3 is 14.8 Å². The van der Waals surface area contributed by atoms with Gasteiger partial charge in [-0.1, -0.05) is 23.9 Å². The van der Waals surface area contributed by atoms with E-state index < -0.39 is 22.4 Å². The largest absolute Gasteiger partial charge is 0.486 e. The number of nitrogens with one attached hydrogen (secondary N) is 1. The summed E-state index contributed by atoms with van der Waals surface area (Å²) in [4.78, 5) is 30.8. The van der Waals surface area contributed by atoms with E-state index in [1.165, 1.54) is 6.07 Å².